The second kappa shape index (κ2) is 9.18. The van der Waals surface area contributed by atoms with Crippen LogP contribution in [0.15, 0.2) is 78.0 Å². The van der Waals surface area contributed by atoms with Gasteiger partial charge in [0.1, 0.15) is 0 Å². The van der Waals surface area contributed by atoms with Crippen molar-refractivity contribution in [2.45, 2.75) is 30.3 Å². The minimum atomic E-state index is -3.80. The van der Waals surface area contributed by atoms with Gasteiger partial charge in [0.05, 0.1) is 10.9 Å². The van der Waals surface area contributed by atoms with Crippen molar-refractivity contribution in [1.29, 1.82) is 0 Å². The summed E-state index contributed by atoms with van der Waals surface area (Å²) in [7, 11) is -3.80. The highest BCUT2D eigenvalue weighted by molar-refractivity contribution is 7.89. The van der Waals surface area contributed by atoms with E-state index in [1.807, 2.05) is 30.3 Å². The normalized spacial score (nSPS) is 16.5. The van der Waals surface area contributed by atoms with Crippen LogP contribution in [0, 0.1) is 0 Å². The summed E-state index contributed by atoms with van der Waals surface area (Å²) in [6, 6.07) is 16.9. The fraction of sp³-hybridized carbons (Fsp3) is 0.217. The van der Waals surface area contributed by atoms with Crippen molar-refractivity contribution in [1.82, 2.24) is 14.6 Å². The van der Waals surface area contributed by atoms with E-state index in [4.69, 9.17) is 11.6 Å². The molecular weight excluding hydrogens is 434 g/mol. The first-order valence-electron chi connectivity index (χ1n) is 9.96. The maximum absolute atomic E-state index is 13.4. The molecule has 4 rings (SSSR count). The zero-order valence-electron chi connectivity index (χ0n) is 16.7. The minimum absolute atomic E-state index is 0.0318. The van der Waals surface area contributed by atoms with Gasteiger partial charge in [-0.2, -0.15) is 4.31 Å². The van der Waals surface area contributed by atoms with Crippen molar-refractivity contribution < 1.29 is 13.2 Å². The summed E-state index contributed by atoms with van der Waals surface area (Å²) in [5, 5.41) is 3.35. The highest BCUT2D eigenvalue weighted by atomic mass is 35.5. The first-order valence-corrected chi connectivity index (χ1v) is 11.8. The monoisotopic (exact) mass is 455 g/mol. The Morgan fingerprint density at radius 1 is 1.10 bits per heavy atom. The Morgan fingerprint density at radius 2 is 1.87 bits per heavy atom. The van der Waals surface area contributed by atoms with E-state index >= 15 is 0 Å². The standard InChI is InChI=1S/C23H22ClN3O3S/c24-19-7-9-20(10-8-19)31(29,30)27-13-11-18-5-1-2-6-21(18)22(27)14-23(28)26-16-17-4-3-12-25-15-17/h1-10,12,15,22H,11,13-14,16H2,(H,26,28)/t22-/m0/s1. The Bertz CT molecular complexity index is 1170. The molecule has 1 aliphatic rings. The molecule has 2 heterocycles. The molecule has 0 radical (unpaired) electrons. The Labute approximate surface area is 186 Å². The number of hydrogen-bond acceptors (Lipinski definition) is 4. The van der Waals surface area contributed by atoms with E-state index in [0.29, 0.717) is 24.5 Å². The van der Waals surface area contributed by atoms with Crippen LogP contribution < -0.4 is 5.32 Å². The minimum Gasteiger partial charge on any atom is -0.352 e. The van der Waals surface area contributed by atoms with Gasteiger partial charge in [-0.05, 0) is 53.4 Å². The molecule has 1 aromatic heterocycles. The van der Waals surface area contributed by atoms with Crippen LogP contribution in [0.1, 0.15) is 29.2 Å². The first-order chi connectivity index (χ1) is 14.9. The number of carbonyl (C=O) groups excluding carboxylic acids is 1. The van der Waals surface area contributed by atoms with Crippen molar-refractivity contribution in [3.63, 3.8) is 0 Å². The van der Waals surface area contributed by atoms with Crippen LogP contribution in [0.25, 0.3) is 0 Å². The second-order valence-corrected chi connectivity index (χ2v) is 9.70. The molecule has 1 N–H and O–H groups in total. The summed E-state index contributed by atoms with van der Waals surface area (Å²) in [6.45, 7) is 0.646. The van der Waals surface area contributed by atoms with Gasteiger partial charge in [0.25, 0.3) is 0 Å². The van der Waals surface area contributed by atoms with Crippen molar-refractivity contribution >= 4 is 27.5 Å². The summed E-state index contributed by atoms with van der Waals surface area (Å²) in [5.41, 5.74) is 2.81. The number of fused-ring (bicyclic) bond motifs is 1. The van der Waals surface area contributed by atoms with E-state index in [2.05, 4.69) is 10.3 Å². The number of benzene rings is 2. The molecule has 0 saturated carbocycles. The quantitative estimate of drug-likeness (QED) is 0.614. The van der Waals surface area contributed by atoms with Crippen molar-refractivity contribution in [3.05, 3.63) is 94.8 Å². The van der Waals surface area contributed by atoms with Crippen LogP contribution in [0.3, 0.4) is 0 Å². The lowest BCUT2D eigenvalue weighted by atomic mass is 9.92. The Morgan fingerprint density at radius 3 is 2.61 bits per heavy atom. The van der Waals surface area contributed by atoms with E-state index in [0.717, 1.165) is 16.7 Å². The van der Waals surface area contributed by atoms with Crippen molar-refractivity contribution in [2.75, 3.05) is 6.54 Å². The van der Waals surface area contributed by atoms with Crippen molar-refractivity contribution in [3.8, 4) is 0 Å². The predicted octanol–water partition coefficient (Wildman–Crippen LogP) is 3.73. The number of aromatic nitrogens is 1. The fourth-order valence-electron chi connectivity index (χ4n) is 3.82. The van der Waals surface area contributed by atoms with Gasteiger partial charge in [-0.15, -0.1) is 0 Å². The first kappa shape index (κ1) is 21.5. The number of rotatable bonds is 6. The number of halogens is 1. The van der Waals surface area contributed by atoms with Gasteiger partial charge in [0.2, 0.25) is 15.9 Å². The summed E-state index contributed by atoms with van der Waals surface area (Å²) in [4.78, 5) is 17.0. The van der Waals surface area contributed by atoms with Crippen LogP contribution in [0.4, 0.5) is 0 Å². The van der Waals surface area contributed by atoms with Gasteiger partial charge in [-0.1, -0.05) is 41.9 Å². The number of nitrogens with one attached hydrogen (secondary N) is 1. The average Bonchev–Trinajstić information content (AvgIpc) is 2.79. The molecule has 1 atom stereocenters. The third-order valence-electron chi connectivity index (χ3n) is 5.37. The Kier molecular flexibility index (Phi) is 6.36. The van der Waals surface area contributed by atoms with Crippen LogP contribution in [-0.4, -0.2) is 30.2 Å². The van der Waals surface area contributed by atoms with Crippen LogP contribution >= 0.6 is 11.6 Å². The molecule has 1 aliphatic heterocycles. The molecule has 0 bridgehead atoms. The maximum Gasteiger partial charge on any atom is 0.243 e. The van der Waals surface area contributed by atoms with E-state index in [9.17, 15) is 13.2 Å². The molecule has 0 spiro atoms. The van der Waals surface area contributed by atoms with Gasteiger partial charge in [0.15, 0.2) is 0 Å². The highest BCUT2D eigenvalue weighted by Crippen LogP contribution is 2.36. The number of nitrogens with zero attached hydrogens (tertiary/aromatic N) is 2. The largest absolute Gasteiger partial charge is 0.352 e. The predicted molar refractivity (Wildman–Crippen MR) is 119 cm³/mol. The van der Waals surface area contributed by atoms with E-state index in [1.54, 1.807) is 30.6 Å². The zero-order valence-corrected chi connectivity index (χ0v) is 18.3. The number of amides is 1. The molecule has 8 heteroatoms. The van der Waals surface area contributed by atoms with Crippen molar-refractivity contribution in [2.24, 2.45) is 0 Å². The van der Waals surface area contributed by atoms with Gasteiger partial charge >= 0.3 is 0 Å². The summed E-state index contributed by atoms with van der Waals surface area (Å²) in [5.74, 6) is -0.220. The third-order valence-corrected chi connectivity index (χ3v) is 7.55. The van der Waals surface area contributed by atoms with Gasteiger partial charge in [-0.25, -0.2) is 8.42 Å². The molecular formula is C23H22ClN3O3S. The average molecular weight is 456 g/mol. The number of carbonyl (C=O) groups is 1. The summed E-state index contributed by atoms with van der Waals surface area (Å²) >= 11 is 5.93. The van der Waals surface area contributed by atoms with Crippen LogP contribution in [-0.2, 0) is 27.8 Å². The SMILES string of the molecule is O=C(C[C@H]1c2ccccc2CCN1S(=O)(=O)c1ccc(Cl)cc1)NCc1cccnc1. The molecule has 0 aliphatic carbocycles. The summed E-state index contributed by atoms with van der Waals surface area (Å²) in [6.07, 6.45) is 3.98. The number of hydrogen-bond donors (Lipinski definition) is 1. The molecule has 2 aromatic carbocycles. The van der Waals surface area contributed by atoms with Gasteiger partial charge < -0.3 is 5.32 Å². The van der Waals surface area contributed by atoms with E-state index in [-0.39, 0.29) is 17.2 Å². The second-order valence-electron chi connectivity index (χ2n) is 7.38. The van der Waals surface area contributed by atoms with E-state index in [1.165, 1.54) is 16.4 Å². The number of pyridine rings is 1. The molecule has 0 unspecified atom stereocenters. The van der Waals surface area contributed by atoms with Gasteiger partial charge in [0, 0.05) is 36.9 Å². The zero-order chi connectivity index (χ0) is 21.8. The summed E-state index contributed by atoms with van der Waals surface area (Å²) < 4.78 is 28.3. The molecule has 1 amide bonds. The Balaban J connectivity index is 1.60. The van der Waals surface area contributed by atoms with Crippen LogP contribution in [0.2, 0.25) is 5.02 Å². The lowest BCUT2D eigenvalue weighted by Gasteiger charge is -2.36. The molecule has 31 heavy (non-hydrogen) atoms. The fourth-order valence-corrected chi connectivity index (χ4v) is 5.55. The lowest BCUT2D eigenvalue weighted by molar-refractivity contribution is -0.122. The van der Waals surface area contributed by atoms with Gasteiger partial charge in [-0.3, -0.25) is 9.78 Å². The molecule has 0 saturated heterocycles. The molecule has 6 nitrogen and oxygen atoms in total. The molecule has 3 aromatic rings. The molecule has 160 valence electrons. The smallest absolute Gasteiger partial charge is 0.243 e. The maximum atomic E-state index is 13.4. The highest BCUT2D eigenvalue weighted by Gasteiger charge is 2.37. The lowest BCUT2D eigenvalue weighted by Crippen LogP contribution is -2.42. The topological polar surface area (TPSA) is 79.4 Å². The Hall–Kier alpha value is -2.74. The van der Waals surface area contributed by atoms with Crippen LogP contribution in [0.5, 0.6) is 0 Å². The third kappa shape index (κ3) is 4.79. The molecule has 0 fully saturated rings. The van der Waals surface area contributed by atoms with E-state index < -0.39 is 16.1 Å². The number of sulfonamides is 1.